The van der Waals surface area contributed by atoms with Gasteiger partial charge in [0, 0.05) is 5.69 Å². The van der Waals surface area contributed by atoms with Gasteiger partial charge in [0.25, 0.3) is 11.8 Å². The van der Waals surface area contributed by atoms with Crippen LogP contribution < -0.4 is 15.0 Å². The minimum absolute atomic E-state index is 0.105. The highest BCUT2D eigenvalue weighted by Gasteiger charge is 2.39. The molecule has 0 bridgehead atoms. The minimum atomic E-state index is -0.702. The molecule has 0 aromatic heterocycles. The number of imide groups is 1. The molecule has 1 aliphatic rings. The van der Waals surface area contributed by atoms with E-state index in [1.807, 2.05) is 26.0 Å². The van der Waals surface area contributed by atoms with Gasteiger partial charge in [-0.25, -0.2) is 14.5 Å². The third-order valence-electron chi connectivity index (χ3n) is 5.81. The van der Waals surface area contributed by atoms with Crippen LogP contribution in [-0.4, -0.2) is 30.4 Å². The molecular formula is C28H23ClN2O6. The summed E-state index contributed by atoms with van der Waals surface area (Å²) in [4.78, 5) is 51.1. The van der Waals surface area contributed by atoms with Crippen molar-refractivity contribution >= 4 is 46.7 Å². The first-order valence-corrected chi connectivity index (χ1v) is 11.8. The van der Waals surface area contributed by atoms with Gasteiger partial charge in [-0.15, -0.1) is 0 Å². The summed E-state index contributed by atoms with van der Waals surface area (Å²) in [7, 11) is 0. The molecule has 0 saturated carbocycles. The van der Waals surface area contributed by atoms with E-state index >= 15 is 0 Å². The van der Waals surface area contributed by atoms with Crippen LogP contribution in [0, 0.1) is 13.8 Å². The van der Waals surface area contributed by atoms with E-state index in [0.29, 0.717) is 22.6 Å². The van der Waals surface area contributed by atoms with Gasteiger partial charge in [-0.1, -0.05) is 23.7 Å². The zero-order chi connectivity index (χ0) is 26.7. The maximum absolute atomic E-state index is 13.0. The highest BCUT2D eigenvalue weighted by Crippen LogP contribution is 2.30. The van der Waals surface area contributed by atoms with E-state index in [2.05, 4.69) is 5.32 Å². The van der Waals surface area contributed by atoms with Crippen LogP contribution in [0.15, 0.2) is 77.5 Å². The third-order valence-corrected chi connectivity index (χ3v) is 6.16. The Kier molecular flexibility index (Phi) is 7.40. The Morgan fingerprint density at radius 1 is 0.865 bits per heavy atom. The summed E-state index contributed by atoms with van der Waals surface area (Å²) >= 11 is 6.20. The Labute approximate surface area is 218 Å². The molecule has 0 aliphatic carbocycles. The Bertz CT molecular complexity index is 1430. The summed E-state index contributed by atoms with van der Waals surface area (Å²) in [5.41, 5.74) is 3.07. The second-order valence-corrected chi connectivity index (χ2v) is 8.57. The lowest BCUT2D eigenvalue weighted by molar-refractivity contribution is -0.120. The molecule has 1 heterocycles. The van der Waals surface area contributed by atoms with Gasteiger partial charge in [0.15, 0.2) is 0 Å². The van der Waals surface area contributed by atoms with Gasteiger partial charge in [0.1, 0.15) is 16.5 Å². The van der Waals surface area contributed by atoms with Gasteiger partial charge >= 0.3 is 11.9 Å². The maximum atomic E-state index is 13.0. The van der Waals surface area contributed by atoms with Crippen LogP contribution in [0.4, 0.5) is 11.4 Å². The lowest BCUT2D eigenvalue weighted by atomic mass is 10.1. The molecule has 8 nitrogen and oxygen atoms in total. The Morgan fingerprint density at radius 3 is 2.14 bits per heavy atom. The van der Waals surface area contributed by atoms with Crippen LogP contribution in [-0.2, 0) is 14.3 Å². The smallest absolute Gasteiger partial charge is 0.343 e. The van der Waals surface area contributed by atoms with Crippen LogP contribution in [0.3, 0.4) is 0 Å². The van der Waals surface area contributed by atoms with Crippen molar-refractivity contribution in [3.8, 4) is 5.75 Å². The van der Waals surface area contributed by atoms with Gasteiger partial charge in [-0.3, -0.25) is 9.59 Å². The van der Waals surface area contributed by atoms with Crippen molar-refractivity contribution in [1.29, 1.82) is 0 Å². The summed E-state index contributed by atoms with van der Waals surface area (Å²) in [6.45, 7) is 5.73. The van der Waals surface area contributed by atoms with Crippen molar-refractivity contribution in [1.82, 2.24) is 0 Å². The molecule has 9 heteroatoms. The molecule has 0 atom stereocenters. The normalized spacial score (nSPS) is 13.1. The summed E-state index contributed by atoms with van der Waals surface area (Å²) < 4.78 is 10.5. The van der Waals surface area contributed by atoms with Crippen LogP contribution in [0.5, 0.6) is 5.75 Å². The van der Waals surface area contributed by atoms with E-state index in [4.69, 9.17) is 21.1 Å². The molecule has 37 heavy (non-hydrogen) atoms. The number of hydrogen-bond acceptors (Lipinski definition) is 7. The van der Waals surface area contributed by atoms with E-state index in [0.717, 1.165) is 16.0 Å². The first-order chi connectivity index (χ1) is 17.7. The molecule has 1 N–H and O–H groups in total. The molecule has 2 amide bonds. The van der Waals surface area contributed by atoms with Crippen molar-refractivity contribution in [2.24, 2.45) is 0 Å². The molecule has 3 aromatic carbocycles. The molecule has 0 spiro atoms. The van der Waals surface area contributed by atoms with Crippen LogP contribution in [0.2, 0.25) is 0 Å². The van der Waals surface area contributed by atoms with Crippen molar-refractivity contribution in [3.05, 3.63) is 99.7 Å². The molecule has 0 fully saturated rings. The van der Waals surface area contributed by atoms with E-state index in [1.165, 1.54) is 36.4 Å². The second kappa shape index (κ2) is 10.7. The number of anilines is 2. The fourth-order valence-corrected chi connectivity index (χ4v) is 3.85. The van der Waals surface area contributed by atoms with Crippen LogP contribution >= 0.6 is 11.6 Å². The topological polar surface area (TPSA) is 102 Å². The van der Waals surface area contributed by atoms with E-state index in [9.17, 15) is 19.2 Å². The van der Waals surface area contributed by atoms with Gasteiger partial charge in [-0.05, 0) is 86.5 Å². The van der Waals surface area contributed by atoms with E-state index in [1.54, 1.807) is 25.1 Å². The zero-order valence-electron chi connectivity index (χ0n) is 20.3. The zero-order valence-corrected chi connectivity index (χ0v) is 21.1. The summed E-state index contributed by atoms with van der Waals surface area (Å²) in [6.07, 6.45) is 0. The monoisotopic (exact) mass is 518 g/mol. The van der Waals surface area contributed by atoms with Crippen molar-refractivity contribution in [2.45, 2.75) is 20.8 Å². The van der Waals surface area contributed by atoms with Crippen molar-refractivity contribution in [3.63, 3.8) is 0 Å². The molecule has 0 saturated heterocycles. The molecular weight excluding hydrogens is 496 g/mol. The molecule has 3 aromatic rings. The average Bonchev–Trinajstić information content (AvgIpc) is 3.10. The summed E-state index contributed by atoms with van der Waals surface area (Å²) in [5.74, 6) is -1.91. The fourth-order valence-electron chi connectivity index (χ4n) is 3.63. The Hall–Kier alpha value is -4.43. The number of amides is 2. The van der Waals surface area contributed by atoms with Gasteiger partial charge in [0.05, 0.1) is 23.4 Å². The van der Waals surface area contributed by atoms with Gasteiger partial charge in [-0.2, -0.15) is 0 Å². The van der Waals surface area contributed by atoms with Crippen LogP contribution in [0.1, 0.15) is 38.8 Å². The first-order valence-electron chi connectivity index (χ1n) is 11.4. The molecule has 0 unspecified atom stereocenters. The number of aryl methyl sites for hydroxylation is 1. The fraction of sp³-hybridized carbons (Fsp3) is 0.143. The number of esters is 2. The summed E-state index contributed by atoms with van der Waals surface area (Å²) in [6, 6.07) is 17.5. The number of benzene rings is 3. The Balaban J connectivity index is 1.46. The van der Waals surface area contributed by atoms with Crippen LogP contribution in [0.25, 0.3) is 0 Å². The third kappa shape index (κ3) is 5.24. The predicted molar refractivity (Wildman–Crippen MR) is 139 cm³/mol. The lowest BCUT2D eigenvalue weighted by Crippen LogP contribution is -2.32. The number of halogens is 1. The largest absolute Gasteiger partial charge is 0.462 e. The number of rotatable bonds is 7. The quantitative estimate of drug-likeness (QED) is 0.262. The number of carbonyl (C=O) groups excluding carboxylic acids is 4. The first kappa shape index (κ1) is 25.7. The SMILES string of the molecule is CCOC(=O)c1ccc(N2C(=O)C(Cl)=C(Nc3ccc(C(=O)Oc4cccc(C)c4C)cc3)C2=O)cc1. The lowest BCUT2D eigenvalue weighted by Gasteiger charge is -2.15. The van der Waals surface area contributed by atoms with Crippen molar-refractivity contribution < 1.29 is 28.7 Å². The van der Waals surface area contributed by atoms with Crippen molar-refractivity contribution in [2.75, 3.05) is 16.8 Å². The Morgan fingerprint density at radius 2 is 1.49 bits per heavy atom. The highest BCUT2D eigenvalue weighted by atomic mass is 35.5. The van der Waals surface area contributed by atoms with Gasteiger partial charge < -0.3 is 14.8 Å². The number of nitrogens with one attached hydrogen (secondary N) is 1. The average molecular weight is 519 g/mol. The molecule has 1 aliphatic heterocycles. The molecule has 4 rings (SSSR count). The van der Waals surface area contributed by atoms with E-state index < -0.39 is 23.8 Å². The minimum Gasteiger partial charge on any atom is -0.462 e. The van der Waals surface area contributed by atoms with Gasteiger partial charge in [0.2, 0.25) is 0 Å². The summed E-state index contributed by atoms with van der Waals surface area (Å²) in [5, 5.41) is 2.58. The standard InChI is InChI=1S/C28H23ClN2O6/c1-4-36-27(34)18-10-14-21(15-11-18)31-25(32)23(29)24(26(31)33)30-20-12-8-19(9-13-20)28(35)37-22-7-5-6-16(2)17(22)3/h5-15,30H,4H2,1-3H3. The molecule has 0 radical (unpaired) electrons. The highest BCUT2D eigenvalue weighted by molar-refractivity contribution is 6.53. The number of ether oxygens (including phenoxy) is 2. The number of nitrogens with zero attached hydrogens (tertiary/aromatic N) is 1. The maximum Gasteiger partial charge on any atom is 0.343 e. The van der Waals surface area contributed by atoms with E-state index in [-0.39, 0.29) is 23.0 Å². The predicted octanol–water partition coefficient (Wildman–Crippen LogP) is 5.14. The second-order valence-electron chi connectivity index (χ2n) is 8.19. The number of carbonyl (C=O) groups is 4. The molecule has 188 valence electrons. The number of hydrogen-bond donors (Lipinski definition) is 1.